The van der Waals surface area contributed by atoms with Crippen molar-refractivity contribution >= 4 is 27.1 Å². The maximum atomic E-state index is 8.49. The smallest absolute Gasteiger partial charge is 0.222 e. The first kappa shape index (κ1) is 14.1. The topological polar surface area (TPSA) is 96.3 Å². The lowest BCUT2D eigenvalue weighted by atomic mass is 10.1. The molecule has 1 aromatic carbocycles. The molecule has 0 N–H and O–H groups in total. The quantitative estimate of drug-likeness (QED) is 0.457. The molecular formula is C12H10ClNO4S. The highest BCUT2D eigenvalue weighted by Crippen LogP contribution is 2.18. The number of para-hydroxylation sites is 1. The van der Waals surface area contributed by atoms with E-state index in [-0.39, 0.29) is 0 Å². The fourth-order valence-electron chi connectivity index (χ4n) is 1.87. The van der Waals surface area contributed by atoms with Crippen LogP contribution in [0.4, 0.5) is 0 Å². The van der Waals surface area contributed by atoms with Gasteiger partial charge in [-0.3, -0.25) is 0 Å². The Morgan fingerprint density at radius 1 is 1.11 bits per heavy atom. The van der Waals surface area contributed by atoms with Crippen LogP contribution in [0, 0.1) is 17.2 Å². The van der Waals surface area contributed by atoms with E-state index in [2.05, 4.69) is 53.2 Å². The molecule has 0 fully saturated rings. The van der Waals surface area contributed by atoms with E-state index in [9.17, 15) is 0 Å². The number of thiazole rings is 1. The zero-order chi connectivity index (χ0) is 14.0. The van der Waals surface area contributed by atoms with Crippen LogP contribution >= 0.6 is 11.3 Å². The molecule has 0 unspecified atom stereocenters. The summed E-state index contributed by atoms with van der Waals surface area (Å²) < 4.78 is 36.2. The van der Waals surface area contributed by atoms with Crippen LogP contribution in [-0.2, 0) is 0 Å². The molecule has 19 heavy (non-hydrogen) atoms. The lowest BCUT2D eigenvalue weighted by molar-refractivity contribution is -2.00. The summed E-state index contributed by atoms with van der Waals surface area (Å²) in [4.78, 5) is 1.31. The molecule has 0 aliphatic rings. The minimum Gasteiger partial charge on any atom is -0.222 e. The second-order valence-corrected chi connectivity index (χ2v) is 5.52. The molecule has 100 valence electrons. The van der Waals surface area contributed by atoms with Gasteiger partial charge in [-0.15, -0.1) is 10.2 Å². The summed E-state index contributed by atoms with van der Waals surface area (Å²) in [6.07, 6.45) is 2.13. The highest BCUT2D eigenvalue weighted by atomic mass is 35.7. The van der Waals surface area contributed by atoms with Crippen molar-refractivity contribution in [2.75, 3.05) is 0 Å². The van der Waals surface area contributed by atoms with Gasteiger partial charge in [0.15, 0.2) is 6.20 Å². The largest absolute Gasteiger partial charge is 0.267 e. The highest BCUT2D eigenvalue weighted by Gasteiger charge is 2.11. The zero-order valence-corrected chi connectivity index (χ0v) is 11.5. The third-order valence-electron chi connectivity index (χ3n) is 2.56. The highest BCUT2D eigenvalue weighted by molar-refractivity contribution is 7.14. The molecule has 0 amide bonds. The molecule has 0 radical (unpaired) electrons. The van der Waals surface area contributed by atoms with E-state index in [4.69, 9.17) is 18.6 Å². The van der Waals surface area contributed by atoms with E-state index in [1.165, 1.54) is 21.3 Å². The van der Waals surface area contributed by atoms with Gasteiger partial charge in [0.2, 0.25) is 5.52 Å². The molecule has 2 heterocycles. The van der Waals surface area contributed by atoms with Gasteiger partial charge in [0.05, 0.1) is 5.38 Å². The molecule has 0 bridgehead atoms. The first-order valence-corrected chi connectivity index (χ1v) is 7.36. The SMILES string of the molecule is Cc1cc2scc[n+]2c2ccccc12.[O-][Cl+3]([O-])([O-])[O-]. The number of hydrogen-bond acceptors (Lipinski definition) is 5. The molecule has 2 aromatic heterocycles. The first-order chi connectivity index (χ1) is 8.86. The molecule has 5 nitrogen and oxygen atoms in total. The minimum absolute atomic E-state index is 1.30. The van der Waals surface area contributed by atoms with Gasteiger partial charge >= 0.3 is 0 Å². The Labute approximate surface area is 115 Å². The second kappa shape index (κ2) is 5.38. The summed E-state index contributed by atoms with van der Waals surface area (Å²) in [6, 6.07) is 10.8. The molecule has 0 saturated carbocycles. The van der Waals surface area contributed by atoms with Crippen LogP contribution < -0.4 is 23.0 Å². The Bertz CT molecular complexity index is 702. The number of fused-ring (bicyclic) bond motifs is 3. The fraction of sp³-hybridized carbons (Fsp3) is 0.0833. The van der Waals surface area contributed by atoms with Crippen molar-refractivity contribution in [1.29, 1.82) is 0 Å². The maximum Gasteiger partial charge on any atom is 0.267 e. The van der Waals surface area contributed by atoms with Crippen LogP contribution in [0.5, 0.6) is 0 Å². The molecule has 3 aromatic rings. The molecule has 0 spiro atoms. The van der Waals surface area contributed by atoms with Gasteiger partial charge in [-0.05, 0) is 18.6 Å². The fourth-order valence-corrected chi connectivity index (χ4v) is 2.71. The summed E-state index contributed by atoms with van der Waals surface area (Å²) in [5.74, 6) is 0. The molecule has 0 aliphatic heterocycles. The van der Waals surface area contributed by atoms with Gasteiger partial charge in [0.25, 0.3) is 4.83 Å². The van der Waals surface area contributed by atoms with Crippen LogP contribution in [0.1, 0.15) is 5.56 Å². The van der Waals surface area contributed by atoms with Crippen molar-refractivity contribution in [3.05, 3.63) is 47.5 Å². The van der Waals surface area contributed by atoms with Gasteiger partial charge in [-0.25, -0.2) is 18.6 Å². The monoisotopic (exact) mass is 299 g/mol. The average Bonchev–Trinajstić information content (AvgIpc) is 2.75. The number of aryl methyl sites for hydroxylation is 1. The number of nitrogens with zero attached hydrogens (tertiary/aromatic N) is 1. The van der Waals surface area contributed by atoms with Crippen LogP contribution in [0.2, 0.25) is 0 Å². The maximum absolute atomic E-state index is 8.49. The van der Waals surface area contributed by atoms with Crippen LogP contribution in [0.15, 0.2) is 41.9 Å². The number of rotatable bonds is 0. The van der Waals surface area contributed by atoms with Crippen molar-refractivity contribution < 1.29 is 33.3 Å². The molecule has 3 rings (SSSR count). The van der Waals surface area contributed by atoms with E-state index in [0.717, 1.165) is 0 Å². The Morgan fingerprint density at radius 2 is 1.74 bits per heavy atom. The van der Waals surface area contributed by atoms with Gasteiger partial charge in [0, 0.05) is 17.5 Å². The lowest BCUT2D eigenvalue weighted by Gasteiger charge is -2.17. The third-order valence-corrected chi connectivity index (χ3v) is 3.38. The predicted octanol–water partition coefficient (Wildman–Crippen LogP) is -1.81. The van der Waals surface area contributed by atoms with E-state index in [1.807, 2.05) is 0 Å². The standard InChI is InChI=1S/C12H10NS.ClHO4/c1-9-8-12-13(6-7-14-12)11-5-3-2-4-10(9)11;2-1(3,4)5/h2-8H,1H3;(H,2,3,4,5)/q+1;/p-1. The summed E-state index contributed by atoms with van der Waals surface area (Å²) in [7, 11) is -4.94. The predicted molar refractivity (Wildman–Crippen MR) is 59.7 cm³/mol. The number of pyridine rings is 1. The van der Waals surface area contributed by atoms with Gasteiger partial charge < -0.3 is 0 Å². The summed E-state index contributed by atoms with van der Waals surface area (Å²) in [5.41, 5.74) is 2.65. The van der Waals surface area contributed by atoms with Gasteiger partial charge in [-0.2, -0.15) is 4.40 Å². The summed E-state index contributed by atoms with van der Waals surface area (Å²) in [6.45, 7) is 2.17. The van der Waals surface area contributed by atoms with E-state index in [0.29, 0.717) is 0 Å². The molecule has 0 atom stereocenters. The minimum atomic E-state index is -4.94. The number of hydrogen-bond donors (Lipinski definition) is 0. The Kier molecular flexibility index (Phi) is 4.00. The Morgan fingerprint density at radius 3 is 2.42 bits per heavy atom. The number of halogens is 1. The van der Waals surface area contributed by atoms with Crippen molar-refractivity contribution in [3.63, 3.8) is 0 Å². The molecule has 0 aliphatic carbocycles. The van der Waals surface area contributed by atoms with Crippen molar-refractivity contribution in [2.45, 2.75) is 6.92 Å². The van der Waals surface area contributed by atoms with E-state index >= 15 is 0 Å². The third kappa shape index (κ3) is 3.60. The van der Waals surface area contributed by atoms with Gasteiger partial charge in [0.1, 0.15) is 0 Å². The van der Waals surface area contributed by atoms with Crippen LogP contribution in [0.25, 0.3) is 15.7 Å². The molecule has 7 heteroatoms. The first-order valence-electron chi connectivity index (χ1n) is 5.25. The van der Waals surface area contributed by atoms with Crippen molar-refractivity contribution in [3.8, 4) is 0 Å². The Hall–Kier alpha value is -1.28. The van der Waals surface area contributed by atoms with Crippen molar-refractivity contribution in [2.24, 2.45) is 0 Å². The van der Waals surface area contributed by atoms with E-state index in [1.54, 1.807) is 11.3 Å². The van der Waals surface area contributed by atoms with Gasteiger partial charge in [-0.1, -0.05) is 23.5 Å². The molecule has 0 saturated heterocycles. The van der Waals surface area contributed by atoms with Crippen molar-refractivity contribution in [1.82, 2.24) is 0 Å². The van der Waals surface area contributed by atoms with E-state index < -0.39 is 10.2 Å². The van der Waals surface area contributed by atoms with Crippen LogP contribution in [0.3, 0.4) is 0 Å². The number of aromatic nitrogens is 1. The second-order valence-electron chi connectivity index (χ2n) is 3.83. The summed E-state index contributed by atoms with van der Waals surface area (Å²) in [5, 5.41) is 3.46. The summed E-state index contributed by atoms with van der Waals surface area (Å²) >= 11 is 1.78. The lowest BCUT2D eigenvalue weighted by Crippen LogP contribution is -2.68. The normalized spacial score (nSPS) is 11.4. The molecular weight excluding hydrogens is 290 g/mol. The average molecular weight is 300 g/mol. The zero-order valence-electron chi connectivity index (χ0n) is 9.91. The Balaban J connectivity index is 0.000000232. The number of benzene rings is 1. The van der Waals surface area contributed by atoms with Crippen LogP contribution in [-0.4, -0.2) is 0 Å².